The minimum Gasteiger partial charge on any atom is -0.367 e. The van der Waals surface area contributed by atoms with Crippen LogP contribution in [0.1, 0.15) is 25.0 Å². The van der Waals surface area contributed by atoms with E-state index in [1.165, 1.54) is 0 Å². The summed E-state index contributed by atoms with van der Waals surface area (Å²) < 4.78 is 41.4. The molecule has 1 aliphatic rings. The molecule has 1 heterocycles. The van der Waals surface area contributed by atoms with E-state index in [0.29, 0.717) is 18.7 Å². The van der Waals surface area contributed by atoms with Gasteiger partial charge in [0.1, 0.15) is 6.61 Å². The van der Waals surface area contributed by atoms with Gasteiger partial charge in [0.25, 0.3) is 0 Å². The molecule has 0 atom stereocenters. The zero-order valence-corrected chi connectivity index (χ0v) is 18.3. The molecule has 0 aromatic heterocycles. The van der Waals surface area contributed by atoms with Gasteiger partial charge in [-0.15, -0.1) is 0 Å². The summed E-state index contributed by atoms with van der Waals surface area (Å²) in [5, 5.41) is 6.21. The zero-order valence-electron chi connectivity index (χ0n) is 18.3. The van der Waals surface area contributed by atoms with E-state index >= 15 is 0 Å². The lowest BCUT2D eigenvalue weighted by Gasteiger charge is -2.36. The molecule has 1 amide bonds. The number of nitrogens with one attached hydrogen (secondary N) is 2. The van der Waals surface area contributed by atoms with Gasteiger partial charge in [-0.25, -0.2) is 0 Å². The first kappa shape index (κ1) is 24.9. The summed E-state index contributed by atoms with van der Waals surface area (Å²) in [7, 11) is 1.71. The van der Waals surface area contributed by atoms with Crippen LogP contribution in [0.5, 0.6) is 0 Å². The summed E-state index contributed by atoms with van der Waals surface area (Å²) in [6.07, 6.45) is -4.33. The standard InChI is InChI=1S/C21H32F3N5O2/c1-16(2)27-19(30)13-28-7-9-29(10-8-28)20(25-3)26-12-17-5-4-6-18(11-17)14-31-15-21(22,23)24/h4-6,11,16H,7-10,12-15H2,1-3H3,(H,25,26)(H,27,30). The average molecular weight is 444 g/mol. The summed E-state index contributed by atoms with van der Waals surface area (Å²) in [6.45, 7) is 6.45. The number of nitrogens with zero attached hydrogens (tertiary/aromatic N) is 3. The van der Waals surface area contributed by atoms with Crippen molar-refractivity contribution in [1.82, 2.24) is 20.4 Å². The number of aliphatic imine (C=N–C) groups is 1. The van der Waals surface area contributed by atoms with Crippen molar-refractivity contribution >= 4 is 11.9 Å². The Hall–Kier alpha value is -2.33. The zero-order chi connectivity index (χ0) is 22.9. The minimum absolute atomic E-state index is 0.0325. The van der Waals surface area contributed by atoms with Crippen molar-refractivity contribution in [3.8, 4) is 0 Å². The van der Waals surface area contributed by atoms with Gasteiger partial charge in [-0.1, -0.05) is 24.3 Å². The van der Waals surface area contributed by atoms with Crippen molar-refractivity contribution in [2.45, 2.75) is 39.2 Å². The molecule has 0 saturated carbocycles. The number of alkyl halides is 3. The third-order valence-corrected chi connectivity index (χ3v) is 4.68. The topological polar surface area (TPSA) is 69.2 Å². The molecule has 0 unspecified atom stereocenters. The molecule has 0 bridgehead atoms. The highest BCUT2D eigenvalue weighted by Crippen LogP contribution is 2.16. The van der Waals surface area contributed by atoms with Gasteiger partial charge in [0.15, 0.2) is 5.96 Å². The van der Waals surface area contributed by atoms with E-state index in [9.17, 15) is 18.0 Å². The van der Waals surface area contributed by atoms with Gasteiger partial charge >= 0.3 is 6.18 Å². The lowest BCUT2D eigenvalue weighted by molar-refractivity contribution is -0.176. The lowest BCUT2D eigenvalue weighted by Crippen LogP contribution is -2.54. The summed E-state index contributed by atoms with van der Waals surface area (Å²) >= 11 is 0. The number of halogens is 3. The molecule has 31 heavy (non-hydrogen) atoms. The van der Waals surface area contributed by atoms with Crippen LogP contribution in [0.4, 0.5) is 13.2 Å². The number of amides is 1. The molecule has 2 N–H and O–H groups in total. The predicted molar refractivity (Wildman–Crippen MR) is 114 cm³/mol. The Morgan fingerprint density at radius 2 is 1.87 bits per heavy atom. The second-order valence-electron chi connectivity index (χ2n) is 7.81. The maximum atomic E-state index is 12.2. The van der Waals surface area contributed by atoms with Crippen LogP contribution in [0, 0.1) is 0 Å². The van der Waals surface area contributed by atoms with Crippen LogP contribution in [0.15, 0.2) is 29.3 Å². The SMILES string of the molecule is CN=C(NCc1cccc(COCC(F)(F)F)c1)N1CCN(CC(=O)NC(C)C)CC1. The van der Waals surface area contributed by atoms with Crippen molar-refractivity contribution in [1.29, 1.82) is 0 Å². The third-order valence-electron chi connectivity index (χ3n) is 4.68. The van der Waals surface area contributed by atoms with Gasteiger partial charge in [-0.05, 0) is 25.0 Å². The first-order valence-electron chi connectivity index (χ1n) is 10.4. The van der Waals surface area contributed by atoms with E-state index in [2.05, 4.69) is 25.4 Å². The molecule has 1 saturated heterocycles. The fourth-order valence-electron chi connectivity index (χ4n) is 3.32. The van der Waals surface area contributed by atoms with Crippen LogP contribution in [0.25, 0.3) is 0 Å². The first-order chi connectivity index (χ1) is 14.7. The van der Waals surface area contributed by atoms with Gasteiger partial charge in [0, 0.05) is 45.8 Å². The smallest absolute Gasteiger partial charge is 0.367 e. The normalized spacial score (nSPS) is 16.0. The Kier molecular flexibility index (Phi) is 9.57. The Labute approximate surface area is 181 Å². The number of piperazine rings is 1. The van der Waals surface area contributed by atoms with Crippen LogP contribution < -0.4 is 10.6 Å². The largest absolute Gasteiger partial charge is 0.411 e. The second-order valence-corrected chi connectivity index (χ2v) is 7.81. The van der Waals surface area contributed by atoms with Crippen LogP contribution >= 0.6 is 0 Å². The molecule has 174 valence electrons. The van der Waals surface area contributed by atoms with Gasteiger partial charge < -0.3 is 20.3 Å². The molecule has 1 aromatic carbocycles. The highest BCUT2D eigenvalue weighted by atomic mass is 19.4. The van der Waals surface area contributed by atoms with E-state index in [-0.39, 0.29) is 18.6 Å². The summed E-state index contributed by atoms with van der Waals surface area (Å²) in [5.41, 5.74) is 1.62. The fraction of sp³-hybridized carbons (Fsp3) is 0.619. The Balaban J connectivity index is 1.79. The quantitative estimate of drug-likeness (QED) is 0.475. The minimum atomic E-state index is -4.33. The van der Waals surface area contributed by atoms with E-state index < -0.39 is 12.8 Å². The Morgan fingerprint density at radius 3 is 2.48 bits per heavy atom. The Bertz CT molecular complexity index is 732. The van der Waals surface area contributed by atoms with E-state index in [1.807, 2.05) is 26.0 Å². The van der Waals surface area contributed by atoms with Crippen LogP contribution in [-0.4, -0.2) is 80.3 Å². The number of benzene rings is 1. The number of rotatable bonds is 8. The van der Waals surface area contributed by atoms with Crippen molar-refractivity contribution in [2.75, 3.05) is 46.4 Å². The maximum Gasteiger partial charge on any atom is 0.411 e. The lowest BCUT2D eigenvalue weighted by atomic mass is 10.1. The summed E-state index contributed by atoms with van der Waals surface area (Å²) in [6, 6.07) is 7.39. The molecular formula is C21H32F3N5O2. The monoisotopic (exact) mass is 443 g/mol. The molecule has 0 spiro atoms. The van der Waals surface area contributed by atoms with Crippen molar-refractivity contribution in [3.05, 3.63) is 35.4 Å². The maximum absolute atomic E-state index is 12.2. The second kappa shape index (κ2) is 11.9. The van der Waals surface area contributed by atoms with Crippen LogP contribution in [-0.2, 0) is 22.7 Å². The van der Waals surface area contributed by atoms with Gasteiger partial charge in [0.05, 0.1) is 13.2 Å². The molecular weight excluding hydrogens is 411 g/mol. The number of carbonyl (C=O) groups excluding carboxylic acids is 1. The number of carbonyl (C=O) groups is 1. The third kappa shape index (κ3) is 9.56. The molecule has 1 aliphatic heterocycles. The van der Waals surface area contributed by atoms with E-state index in [0.717, 1.165) is 37.7 Å². The number of hydrogen-bond acceptors (Lipinski definition) is 4. The van der Waals surface area contributed by atoms with Gasteiger partial charge in [0.2, 0.25) is 5.91 Å². The van der Waals surface area contributed by atoms with Crippen molar-refractivity contribution in [2.24, 2.45) is 4.99 Å². The van der Waals surface area contributed by atoms with Gasteiger partial charge in [-0.2, -0.15) is 13.2 Å². The number of ether oxygens (including phenoxy) is 1. The van der Waals surface area contributed by atoms with Crippen molar-refractivity contribution in [3.63, 3.8) is 0 Å². The summed E-state index contributed by atoms with van der Waals surface area (Å²) in [5.74, 6) is 0.787. The molecule has 1 aromatic rings. The predicted octanol–water partition coefficient (Wildman–Crippen LogP) is 1.98. The first-order valence-corrected chi connectivity index (χ1v) is 10.4. The average Bonchev–Trinajstić information content (AvgIpc) is 2.68. The van der Waals surface area contributed by atoms with Crippen LogP contribution in [0.2, 0.25) is 0 Å². The van der Waals surface area contributed by atoms with Crippen LogP contribution in [0.3, 0.4) is 0 Å². The summed E-state index contributed by atoms with van der Waals surface area (Å²) in [4.78, 5) is 20.5. The highest BCUT2D eigenvalue weighted by molar-refractivity contribution is 5.80. The van der Waals surface area contributed by atoms with E-state index in [4.69, 9.17) is 4.74 Å². The molecule has 2 rings (SSSR count). The molecule has 7 nitrogen and oxygen atoms in total. The van der Waals surface area contributed by atoms with Gasteiger partial charge in [-0.3, -0.25) is 14.7 Å². The number of hydrogen-bond donors (Lipinski definition) is 2. The molecule has 0 radical (unpaired) electrons. The highest BCUT2D eigenvalue weighted by Gasteiger charge is 2.27. The molecule has 1 fully saturated rings. The number of guanidine groups is 1. The Morgan fingerprint density at radius 1 is 1.19 bits per heavy atom. The van der Waals surface area contributed by atoms with Crippen molar-refractivity contribution < 1.29 is 22.7 Å². The van der Waals surface area contributed by atoms with E-state index in [1.54, 1.807) is 19.2 Å². The fourth-order valence-corrected chi connectivity index (χ4v) is 3.32. The molecule has 0 aliphatic carbocycles. The molecule has 10 heteroatoms.